The average molecular weight is 289 g/mol. The standard InChI is InChI=1S/C16H23N3O2/c1-3-19-14-7-5-4-6-13(14)18-15(19)10-12(17-2)11-16-20-8-9-21-16/h4-7,12,16-17H,3,8-11H2,1-2H3. The highest BCUT2D eigenvalue weighted by atomic mass is 16.7. The number of benzene rings is 1. The van der Waals surface area contributed by atoms with Gasteiger partial charge in [0.05, 0.1) is 24.2 Å². The first kappa shape index (κ1) is 14.5. The quantitative estimate of drug-likeness (QED) is 0.883. The Morgan fingerprint density at radius 2 is 2.10 bits per heavy atom. The third-order valence-electron chi connectivity index (χ3n) is 4.05. The molecule has 1 aliphatic rings. The van der Waals surface area contributed by atoms with E-state index in [9.17, 15) is 0 Å². The van der Waals surface area contributed by atoms with Crippen molar-refractivity contribution < 1.29 is 9.47 Å². The van der Waals surface area contributed by atoms with Crippen LogP contribution in [0.25, 0.3) is 11.0 Å². The van der Waals surface area contributed by atoms with Crippen molar-refractivity contribution in [2.24, 2.45) is 0 Å². The fourth-order valence-corrected chi connectivity index (χ4v) is 2.93. The number of fused-ring (bicyclic) bond motifs is 1. The minimum Gasteiger partial charge on any atom is -0.350 e. The molecule has 2 heterocycles. The van der Waals surface area contributed by atoms with Gasteiger partial charge >= 0.3 is 0 Å². The maximum atomic E-state index is 5.55. The predicted molar refractivity (Wildman–Crippen MR) is 82.3 cm³/mol. The zero-order valence-corrected chi connectivity index (χ0v) is 12.7. The minimum absolute atomic E-state index is 0.0816. The number of nitrogens with one attached hydrogen (secondary N) is 1. The Labute approximate surface area is 125 Å². The van der Waals surface area contributed by atoms with Crippen LogP contribution in [0.2, 0.25) is 0 Å². The van der Waals surface area contributed by atoms with Gasteiger partial charge in [-0.05, 0) is 26.1 Å². The van der Waals surface area contributed by atoms with Crippen molar-refractivity contribution in [2.45, 2.75) is 38.6 Å². The van der Waals surface area contributed by atoms with Crippen molar-refractivity contribution in [1.82, 2.24) is 14.9 Å². The van der Waals surface area contributed by atoms with Crippen molar-refractivity contribution in [3.63, 3.8) is 0 Å². The number of hydrogen-bond donors (Lipinski definition) is 1. The molecule has 5 heteroatoms. The molecule has 1 N–H and O–H groups in total. The van der Waals surface area contributed by atoms with E-state index in [0.717, 1.165) is 30.7 Å². The maximum Gasteiger partial charge on any atom is 0.159 e. The molecule has 1 saturated heterocycles. The summed E-state index contributed by atoms with van der Waals surface area (Å²) in [5.74, 6) is 1.12. The average Bonchev–Trinajstić information content (AvgIpc) is 3.13. The number of imidazole rings is 1. The van der Waals surface area contributed by atoms with Crippen LogP contribution in [0.3, 0.4) is 0 Å². The molecule has 0 aliphatic carbocycles. The zero-order chi connectivity index (χ0) is 14.7. The fourth-order valence-electron chi connectivity index (χ4n) is 2.93. The summed E-state index contributed by atoms with van der Waals surface area (Å²) in [6.07, 6.45) is 1.65. The van der Waals surface area contributed by atoms with Gasteiger partial charge in [-0.15, -0.1) is 0 Å². The summed E-state index contributed by atoms with van der Waals surface area (Å²) in [6, 6.07) is 8.61. The van der Waals surface area contributed by atoms with E-state index in [1.165, 1.54) is 5.52 Å². The molecule has 0 saturated carbocycles. The third-order valence-corrected chi connectivity index (χ3v) is 4.05. The summed E-state index contributed by atoms with van der Waals surface area (Å²) < 4.78 is 13.4. The number of rotatable bonds is 6. The van der Waals surface area contributed by atoms with Crippen LogP contribution >= 0.6 is 0 Å². The van der Waals surface area contributed by atoms with E-state index in [-0.39, 0.29) is 6.29 Å². The first-order chi connectivity index (χ1) is 10.3. The Morgan fingerprint density at radius 1 is 1.33 bits per heavy atom. The number of aryl methyl sites for hydroxylation is 1. The summed E-state index contributed by atoms with van der Waals surface area (Å²) in [4.78, 5) is 4.79. The molecule has 1 aromatic carbocycles. The monoisotopic (exact) mass is 289 g/mol. The summed E-state index contributed by atoms with van der Waals surface area (Å²) in [5.41, 5.74) is 2.27. The van der Waals surface area contributed by atoms with Crippen molar-refractivity contribution in [3.05, 3.63) is 30.1 Å². The smallest absolute Gasteiger partial charge is 0.159 e. The molecule has 1 fully saturated rings. The largest absolute Gasteiger partial charge is 0.350 e. The fraction of sp³-hybridized carbons (Fsp3) is 0.562. The lowest BCUT2D eigenvalue weighted by Crippen LogP contribution is -2.33. The molecule has 1 aromatic heterocycles. The van der Waals surface area contributed by atoms with E-state index >= 15 is 0 Å². The molecular formula is C16H23N3O2. The van der Waals surface area contributed by atoms with Crippen LogP contribution in [-0.2, 0) is 22.4 Å². The third kappa shape index (κ3) is 3.10. The topological polar surface area (TPSA) is 48.3 Å². The van der Waals surface area contributed by atoms with Crippen LogP contribution in [-0.4, -0.2) is 42.1 Å². The van der Waals surface area contributed by atoms with Gasteiger partial charge < -0.3 is 19.4 Å². The molecule has 0 radical (unpaired) electrons. The van der Waals surface area contributed by atoms with Crippen molar-refractivity contribution in [3.8, 4) is 0 Å². The van der Waals surface area contributed by atoms with Gasteiger partial charge in [0.25, 0.3) is 0 Å². The van der Waals surface area contributed by atoms with Crippen molar-refractivity contribution >= 4 is 11.0 Å². The minimum atomic E-state index is -0.0816. The highest BCUT2D eigenvalue weighted by molar-refractivity contribution is 5.75. The molecule has 1 atom stereocenters. The number of aromatic nitrogens is 2. The second-order valence-electron chi connectivity index (χ2n) is 5.36. The molecule has 0 bridgehead atoms. The van der Waals surface area contributed by atoms with Gasteiger partial charge in [-0.1, -0.05) is 12.1 Å². The molecule has 5 nitrogen and oxygen atoms in total. The lowest BCUT2D eigenvalue weighted by atomic mass is 10.1. The number of nitrogens with zero attached hydrogens (tertiary/aromatic N) is 2. The number of ether oxygens (including phenoxy) is 2. The van der Waals surface area contributed by atoms with E-state index in [1.54, 1.807) is 0 Å². The van der Waals surface area contributed by atoms with E-state index in [4.69, 9.17) is 14.5 Å². The van der Waals surface area contributed by atoms with E-state index in [2.05, 4.69) is 35.0 Å². The Balaban J connectivity index is 1.78. The lowest BCUT2D eigenvalue weighted by molar-refractivity contribution is -0.0523. The van der Waals surface area contributed by atoms with Crippen LogP contribution < -0.4 is 5.32 Å². The van der Waals surface area contributed by atoms with Crippen LogP contribution in [0.15, 0.2) is 24.3 Å². The van der Waals surface area contributed by atoms with Gasteiger partial charge in [-0.3, -0.25) is 0 Å². The van der Waals surface area contributed by atoms with Crippen LogP contribution in [0.5, 0.6) is 0 Å². The lowest BCUT2D eigenvalue weighted by Gasteiger charge is -2.19. The molecule has 21 heavy (non-hydrogen) atoms. The number of likely N-dealkylation sites (N-methyl/N-ethyl adjacent to an activating group) is 1. The molecule has 0 amide bonds. The van der Waals surface area contributed by atoms with E-state index < -0.39 is 0 Å². The normalized spacial score (nSPS) is 17.6. The maximum absolute atomic E-state index is 5.55. The Hall–Kier alpha value is -1.43. The molecule has 114 valence electrons. The molecule has 1 unspecified atom stereocenters. The first-order valence-electron chi connectivity index (χ1n) is 7.66. The highest BCUT2D eigenvalue weighted by Crippen LogP contribution is 2.19. The SMILES string of the molecule is CCn1c(CC(CC2OCCO2)NC)nc2ccccc21. The van der Waals surface area contributed by atoms with Gasteiger partial charge in [0.1, 0.15) is 5.82 Å². The van der Waals surface area contributed by atoms with Gasteiger partial charge in [-0.2, -0.15) is 0 Å². The van der Waals surface area contributed by atoms with Gasteiger partial charge in [0, 0.05) is 25.4 Å². The second kappa shape index (κ2) is 6.56. The first-order valence-corrected chi connectivity index (χ1v) is 7.66. The number of hydrogen-bond acceptors (Lipinski definition) is 4. The van der Waals surface area contributed by atoms with Gasteiger partial charge in [0.15, 0.2) is 6.29 Å². The molecular weight excluding hydrogens is 266 g/mol. The number of para-hydroxylation sites is 2. The van der Waals surface area contributed by atoms with E-state index in [1.807, 2.05) is 13.1 Å². The Morgan fingerprint density at radius 3 is 2.81 bits per heavy atom. The zero-order valence-electron chi connectivity index (χ0n) is 12.7. The summed E-state index contributed by atoms with van der Waals surface area (Å²) in [5, 5.41) is 3.36. The predicted octanol–water partition coefficient (Wildman–Crippen LogP) is 1.95. The van der Waals surface area contributed by atoms with Gasteiger partial charge in [0.2, 0.25) is 0 Å². The second-order valence-corrected chi connectivity index (χ2v) is 5.36. The highest BCUT2D eigenvalue weighted by Gasteiger charge is 2.22. The van der Waals surface area contributed by atoms with Crippen molar-refractivity contribution in [2.75, 3.05) is 20.3 Å². The summed E-state index contributed by atoms with van der Waals surface area (Å²) in [6.45, 7) is 4.50. The van der Waals surface area contributed by atoms with Gasteiger partial charge in [-0.25, -0.2) is 4.98 Å². The summed E-state index contributed by atoms with van der Waals surface area (Å²) in [7, 11) is 1.98. The molecule has 3 rings (SSSR count). The Kier molecular flexibility index (Phi) is 4.53. The van der Waals surface area contributed by atoms with Crippen LogP contribution in [0, 0.1) is 0 Å². The van der Waals surface area contributed by atoms with E-state index in [0.29, 0.717) is 19.3 Å². The molecule has 2 aromatic rings. The molecule has 1 aliphatic heterocycles. The Bertz CT molecular complexity index is 590. The van der Waals surface area contributed by atoms with Crippen LogP contribution in [0.1, 0.15) is 19.2 Å². The summed E-state index contributed by atoms with van der Waals surface area (Å²) >= 11 is 0. The van der Waals surface area contributed by atoms with Crippen LogP contribution in [0.4, 0.5) is 0 Å². The van der Waals surface area contributed by atoms with Crippen molar-refractivity contribution in [1.29, 1.82) is 0 Å². The molecule has 0 spiro atoms.